The van der Waals surface area contributed by atoms with Crippen LogP contribution in [0.5, 0.6) is 0 Å². The summed E-state index contributed by atoms with van der Waals surface area (Å²) in [5.74, 6) is -2.38. The van der Waals surface area contributed by atoms with Gasteiger partial charge in [-0.2, -0.15) is 10.5 Å². The molecule has 0 saturated heterocycles. The lowest BCUT2D eigenvalue weighted by Gasteiger charge is -2.13. The molecule has 0 bridgehead atoms. The number of nitriles is 4. The largest absolute Gasteiger partial charge is 0.270 e. The highest BCUT2D eigenvalue weighted by atomic mass is 19.1. The summed E-state index contributed by atoms with van der Waals surface area (Å²) >= 11 is 0. The van der Waals surface area contributed by atoms with E-state index in [1.807, 2.05) is 38.1 Å². The van der Waals surface area contributed by atoms with Gasteiger partial charge in [0.25, 0.3) is 11.4 Å². The molecule has 9 heteroatoms. The van der Waals surface area contributed by atoms with E-state index < -0.39 is 22.9 Å². The SMILES string of the molecule is [C-]#[N+]C1=C(c2ccc(C)c(C)c2)/C(=C(/C#N)[N+]#[C-])c2cc3c(cc21)C(C#N)=C(c1cc(F)c(C#N)c(F)c1)/C3=C(\C#N)[N+]#[C-]. The predicted molar refractivity (Wildman–Crippen MR) is 158 cm³/mol. The molecule has 0 amide bonds. The number of nitrogens with zero attached hydrogens (tertiary/aromatic N) is 7. The van der Waals surface area contributed by atoms with Crippen molar-refractivity contribution in [3.63, 3.8) is 0 Å². The van der Waals surface area contributed by atoms with Gasteiger partial charge in [0.05, 0.1) is 37.4 Å². The fourth-order valence-electron chi connectivity index (χ4n) is 5.49. The van der Waals surface area contributed by atoms with Crippen LogP contribution in [-0.2, 0) is 0 Å². The number of halogens is 2. The first-order chi connectivity index (χ1) is 21.2. The Morgan fingerprint density at radius 2 is 1.23 bits per heavy atom. The second-order valence-corrected chi connectivity index (χ2v) is 9.76. The van der Waals surface area contributed by atoms with Crippen LogP contribution < -0.4 is 0 Å². The molecule has 0 aromatic heterocycles. The van der Waals surface area contributed by atoms with Crippen molar-refractivity contribution in [3.05, 3.63) is 150 Å². The molecule has 0 atom stereocenters. The molecule has 44 heavy (non-hydrogen) atoms. The van der Waals surface area contributed by atoms with Gasteiger partial charge in [-0.05, 0) is 93.3 Å². The fraction of sp³-hybridized carbons (Fsp3) is 0.0571. The molecule has 0 saturated carbocycles. The molecule has 0 radical (unpaired) electrons. The van der Waals surface area contributed by atoms with Crippen molar-refractivity contribution in [2.75, 3.05) is 0 Å². The minimum atomic E-state index is -1.19. The Morgan fingerprint density at radius 3 is 1.73 bits per heavy atom. The second kappa shape index (κ2) is 10.7. The highest BCUT2D eigenvalue weighted by Gasteiger charge is 2.37. The van der Waals surface area contributed by atoms with Gasteiger partial charge in [-0.3, -0.25) is 0 Å². The molecule has 0 N–H and O–H groups in total. The summed E-state index contributed by atoms with van der Waals surface area (Å²) in [5.41, 5.74) is 2.07. The van der Waals surface area contributed by atoms with Gasteiger partial charge in [0, 0.05) is 5.57 Å². The molecule has 5 rings (SSSR count). The lowest BCUT2D eigenvalue weighted by molar-refractivity contribution is 0.576. The number of aryl methyl sites for hydroxylation is 2. The van der Waals surface area contributed by atoms with E-state index in [4.69, 9.17) is 25.0 Å². The van der Waals surface area contributed by atoms with Crippen molar-refractivity contribution >= 4 is 33.6 Å². The zero-order valence-electron chi connectivity index (χ0n) is 22.9. The highest BCUT2D eigenvalue weighted by Crippen LogP contribution is 2.55. The van der Waals surface area contributed by atoms with E-state index in [0.29, 0.717) is 22.3 Å². The number of allylic oxidation sites excluding steroid dienone is 7. The van der Waals surface area contributed by atoms with Crippen molar-refractivity contribution < 1.29 is 8.78 Å². The average Bonchev–Trinajstić information content (AvgIpc) is 3.50. The first kappa shape index (κ1) is 28.4. The van der Waals surface area contributed by atoms with Crippen LogP contribution in [0.25, 0.3) is 48.1 Å². The van der Waals surface area contributed by atoms with Crippen molar-refractivity contribution in [3.8, 4) is 24.3 Å². The molecule has 0 heterocycles. The minimum absolute atomic E-state index is 0.0787. The van der Waals surface area contributed by atoms with Crippen LogP contribution in [0.15, 0.2) is 53.9 Å². The van der Waals surface area contributed by atoms with Crippen molar-refractivity contribution in [1.82, 2.24) is 0 Å². The third kappa shape index (κ3) is 4.02. The minimum Gasteiger partial charge on any atom is -0.237 e. The molecule has 2 aliphatic rings. The second-order valence-electron chi connectivity index (χ2n) is 9.76. The van der Waals surface area contributed by atoms with E-state index >= 15 is 0 Å². The van der Waals surface area contributed by atoms with Crippen LogP contribution in [0, 0.1) is 90.5 Å². The van der Waals surface area contributed by atoms with Gasteiger partial charge >= 0.3 is 0 Å². The van der Waals surface area contributed by atoms with E-state index in [0.717, 1.165) is 23.3 Å². The third-order valence-electron chi connectivity index (χ3n) is 7.58. The summed E-state index contributed by atoms with van der Waals surface area (Å²) in [4.78, 5) is 10.5. The Bertz CT molecular complexity index is 2280. The van der Waals surface area contributed by atoms with E-state index in [2.05, 4.69) is 14.5 Å². The van der Waals surface area contributed by atoms with Gasteiger partial charge in [0.1, 0.15) is 29.3 Å². The number of fused-ring (bicyclic) bond motifs is 2. The fourth-order valence-corrected chi connectivity index (χ4v) is 5.49. The Balaban J connectivity index is 1.94. The van der Waals surface area contributed by atoms with Crippen LogP contribution in [-0.4, -0.2) is 0 Å². The summed E-state index contributed by atoms with van der Waals surface area (Å²) < 4.78 is 29.5. The molecule has 3 aromatic carbocycles. The third-order valence-corrected chi connectivity index (χ3v) is 7.58. The van der Waals surface area contributed by atoms with Crippen LogP contribution in [0.2, 0.25) is 0 Å². The van der Waals surface area contributed by atoms with Crippen LogP contribution in [0.1, 0.15) is 50.1 Å². The van der Waals surface area contributed by atoms with E-state index in [-0.39, 0.29) is 50.4 Å². The van der Waals surface area contributed by atoms with Gasteiger partial charge in [0.2, 0.25) is 5.70 Å². The van der Waals surface area contributed by atoms with Crippen molar-refractivity contribution in [1.29, 1.82) is 21.0 Å². The van der Waals surface area contributed by atoms with Gasteiger partial charge in [-0.15, -0.1) is 0 Å². The van der Waals surface area contributed by atoms with Gasteiger partial charge < -0.3 is 0 Å². The molecular weight excluding hydrogens is 556 g/mol. The Kier molecular flexibility index (Phi) is 6.93. The molecule has 7 nitrogen and oxygen atoms in total. The van der Waals surface area contributed by atoms with E-state index in [1.54, 1.807) is 12.1 Å². The molecule has 3 aromatic rings. The zero-order valence-corrected chi connectivity index (χ0v) is 22.9. The molecular formula is C35H13F2N7. The zero-order chi connectivity index (χ0) is 31.9. The predicted octanol–water partition coefficient (Wildman–Crippen LogP) is 8.01. The first-order valence-corrected chi connectivity index (χ1v) is 12.7. The number of hydrogen-bond donors (Lipinski definition) is 0. The Labute approximate surface area is 251 Å². The summed E-state index contributed by atoms with van der Waals surface area (Å²) in [5, 5.41) is 39.3. The molecule has 202 valence electrons. The maximum Gasteiger partial charge on any atom is 0.270 e. The summed E-state index contributed by atoms with van der Waals surface area (Å²) in [6.07, 6.45) is 0. The van der Waals surface area contributed by atoms with Gasteiger partial charge in [0.15, 0.2) is 0 Å². The van der Waals surface area contributed by atoms with Crippen molar-refractivity contribution in [2.24, 2.45) is 0 Å². The van der Waals surface area contributed by atoms with E-state index in [9.17, 15) is 24.6 Å². The van der Waals surface area contributed by atoms with Crippen LogP contribution in [0.3, 0.4) is 0 Å². The Hall–Kier alpha value is -7.09. The summed E-state index contributed by atoms with van der Waals surface area (Å²) in [6, 6.07) is 17.4. The number of hydrogen-bond acceptors (Lipinski definition) is 4. The monoisotopic (exact) mass is 569 g/mol. The lowest BCUT2D eigenvalue weighted by Crippen LogP contribution is -1.97. The summed E-state index contributed by atoms with van der Waals surface area (Å²) in [6.45, 7) is 27.3. The molecule has 0 fully saturated rings. The maximum absolute atomic E-state index is 14.8. The smallest absolute Gasteiger partial charge is 0.237 e. The van der Waals surface area contributed by atoms with E-state index in [1.165, 1.54) is 18.2 Å². The van der Waals surface area contributed by atoms with Gasteiger partial charge in [-0.25, -0.2) is 33.8 Å². The standard InChI is InChI=1S/C35H13F2N7/c1-17-6-7-19(8-18(17)2)32-34(30(16-41)43-4)23-12-22-21(11-24(23)35(32)44-5)25(13-38)31(33(22)29(15-40)42-3)20-9-27(36)26(14-39)28(37)10-20/h6-12H,1-2H3/b33-29+,34-30-. The molecule has 0 unspecified atom stereocenters. The first-order valence-electron chi connectivity index (χ1n) is 12.7. The Morgan fingerprint density at radius 1 is 0.659 bits per heavy atom. The normalized spacial score (nSPS) is 15.0. The number of rotatable bonds is 2. The average molecular weight is 570 g/mol. The lowest BCUT2D eigenvalue weighted by atomic mass is 9.90. The number of benzene rings is 3. The molecule has 0 spiro atoms. The summed E-state index contributed by atoms with van der Waals surface area (Å²) in [7, 11) is 0. The topological polar surface area (TPSA) is 108 Å². The van der Waals surface area contributed by atoms with Gasteiger partial charge in [-0.1, -0.05) is 24.3 Å². The highest BCUT2D eigenvalue weighted by molar-refractivity contribution is 6.29. The maximum atomic E-state index is 14.8. The van der Waals surface area contributed by atoms with Crippen LogP contribution >= 0.6 is 0 Å². The quantitative estimate of drug-likeness (QED) is 0.230. The van der Waals surface area contributed by atoms with Crippen LogP contribution in [0.4, 0.5) is 8.78 Å². The molecule has 2 aliphatic carbocycles. The van der Waals surface area contributed by atoms with Crippen molar-refractivity contribution in [2.45, 2.75) is 13.8 Å². The molecule has 0 aliphatic heterocycles.